The Labute approximate surface area is 100 Å². The van der Waals surface area contributed by atoms with Crippen LogP contribution < -0.4 is 5.32 Å². The van der Waals surface area contributed by atoms with Crippen molar-refractivity contribution in [1.82, 2.24) is 10.3 Å². The molecular weight excluding hydrogens is 224 g/mol. The highest BCUT2D eigenvalue weighted by Gasteiger charge is 2.22. The monoisotopic (exact) mass is 242 g/mol. The Hall–Kier alpha value is -0.940. The Morgan fingerprint density at radius 3 is 2.81 bits per heavy atom. The zero-order valence-corrected chi connectivity index (χ0v) is 11.0. The highest BCUT2D eigenvalue weighted by Crippen LogP contribution is 2.13. The van der Waals surface area contributed by atoms with Gasteiger partial charge in [-0.05, 0) is 20.8 Å². The highest BCUT2D eigenvalue weighted by atomic mass is 32.1. The molecule has 1 aromatic rings. The number of thiazole rings is 1. The SMILES string of the molecule is COC(=O)CC(C)(C)NCc1nc(C)cs1. The van der Waals surface area contributed by atoms with Gasteiger partial charge in [-0.15, -0.1) is 11.3 Å². The molecule has 1 heterocycles. The van der Waals surface area contributed by atoms with Crippen molar-refractivity contribution in [3.8, 4) is 0 Å². The number of esters is 1. The summed E-state index contributed by atoms with van der Waals surface area (Å²) in [5.74, 6) is -0.201. The molecule has 1 rings (SSSR count). The number of nitrogens with one attached hydrogen (secondary N) is 1. The standard InChI is InChI=1S/C11H18N2O2S/c1-8-7-16-9(13-8)6-12-11(2,3)5-10(14)15-4/h7,12H,5-6H2,1-4H3. The summed E-state index contributed by atoms with van der Waals surface area (Å²) < 4.78 is 4.65. The fourth-order valence-corrected chi connectivity index (χ4v) is 2.01. The quantitative estimate of drug-likeness (QED) is 0.801. The Morgan fingerprint density at radius 2 is 2.31 bits per heavy atom. The topological polar surface area (TPSA) is 51.2 Å². The first-order chi connectivity index (χ1) is 7.43. The number of aromatic nitrogens is 1. The second-order valence-electron chi connectivity index (χ2n) is 4.37. The van der Waals surface area contributed by atoms with Gasteiger partial charge >= 0.3 is 5.97 Å². The van der Waals surface area contributed by atoms with Crippen LogP contribution in [0.3, 0.4) is 0 Å². The van der Waals surface area contributed by atoms with Crippen LogP contribution in [0.2, 0.25) is 0 Å². The van der Waals surface area contributed by atoms with Gasteiger partial charge in [-0.25, -0.2) is 4.98 Å². The van der Waals surface area contributed by atoms with Crippen LogP contribution in [-0.2, 0) is 16.1 Å². The van der Waals surface area contributed by atoms with Crippen molar-refractivity contribution < 1.29 is 9.53 Å². The minimum atomic E-state index is -0.271. The summed E-state index contributed by atoms with van der Waals surface area (Å²) >= 11 is 1.63. The van der Waals surface area contributed by atoms with Crippen molar-refractivity contribution >= 4 is 17.3 Å². The van der Waals surface area contributed by atoms with Gasteiger partial charge in [-0.2, -0.15) is 0 Å². The van der Waals surface area contributed by atoms with E-state index in [-0.39, 0.29) is 11.5 Å². The number of rotatable bonds is 5. The van der Waals surface area contributed by atoms with Crippen LogP contribution in [0.1, 0.15) is 31.0 Å². The molecule has 5 heteroatoms. The van der Waals surface area contributed by atoms with Gasteiger partial charge in [0.25, 0.3) is 0 Å². The van der Waals surface area contributed by atoms with Gasteiger partial charge < -0.3 is 10.1 Å². The number of methoxy groups -OCH3 is 1. The number of nitrogens with zero attached hydrogens (tertiary/aromatic N) is 1. The minimum Gasteiger partial charge on any atom is -0.469 e. The molecule has 0 unspecified atom stereocenters. The molecule has 4 nitrogen and oxygen atoms in total. The van der Waals surface area contributed by atoms with Crippen LogP contribution in [0.5, 0.6) is 0 Å². The van der Waals surface area contributed by atoms with Crippen molar-refractivity contribution in [3.05, 3.63) is 16.1 Å². The predicted molar refractivity (Wildman–Crippen MR) is 64.4 cm³/mol. The van der Waals surface area contributed by atoms with E-state index < -0.39 is 0 Å². The van der Waals surface area contributed by atoms with E-state index in [9.17, 15) is 4.79 Å². The molecule has 16 heavy (non-hydrogen) atoms. The third kappa shape index (κ3) is 4.28. The molecule has 0 aromatic carbocycles. The van der Waals surface area contributed by atoms with Gasteiger partial charge in [0.05, 0.1) is 13.5 Å². The summed E-state index contributed by atoms with van der Waals surface area (Å²) in [6.07, 6.45) is 0.355. The molecule has 1 aromatic heterocycles. The zero-order chi connectivity index (χ0) is 12.2. The summed E-state index contributed by atoms with van der Waals surface area (Å²) in [6, 6.07) is 0. The molecule has 90 valence electrons. The second kappa shape index (κ2) is 5.41. The molecule has 0 aliphatic rings. The lowest BCUT2D eigenvalue weighted by Gasteiger charge is -2.24. The lowest BCUT2D eigenvalue weighted by Crippen LogP contribution is -2.40. The number of hydrogen-bond acceptors (Lipinski definition) is 5. The van der Waals surface area contributed by atoms with Crippen LogP contribution in [0.4, 0.5) is 0 Å². The van der Waals surface area contributed by atoms with Crippen molar-refractivity contribution in [2.24, 2.45) is 0 Å². The zero-order valence-electron chi connectivity index (χ0n) is 10.2. The summed E-state index contributed by atoms with van der Waals surface area (Å²) in [7, 11) is 1.41. The molecule has 1 N–H and O–H groups in total. The van der Waals surface area contributed by atoms with Crippen molar-refractivity contribution in [2.75, 3.05) is 7.11 Å². The lowest BCUT2D eigenvalue weighted by molar-refractivity contribution is -0.142. The van der Waals surface area contributed by atoms with E-state index >= 15 is 0 Å². The summed E-state index contributed by atoms with van der Waals surface area (Å²) in [4.78, 5) is 15.5. The molecule has 0 spiro atoms. The second-order valence-corrected chi connectivity index (χ2v) is 5.32. The Bertz CT molecular complexity index is 361. The summed E-state index contributed by atoms with van der Waals surface area (Å²) in [6.45, 7) is 6.61. The van der Waals surface area contributed by atoms with Crippen LogP contribution >= 0.6 is 11.3 Å². The van der Waals surface area contributed by atoms with E-state index in [1.54, 1.807) is 11.3 Å². The molecule has 0 fully saturated rings. The molecular formula is C11H18N2O2S. The molecule has 0 aliphatic heterocycles. The minimum absolute atomic E-state index is 0.201. The molecule has 0 saturated heterocycles. The van der Waals surface area contributed by atoms with E-state index in [1.165, 1.54) is 7.11 Å². The number of ether oxygens (including phenoxy) is 1. The fraction of sp³-hybridized carbons (Fsp3) is 0.636. The molecule has 0 aliphatic carbocycles. The molecule has 0 saturated carbocycles. The van der Waals surface area contributed by atoms with Gasteiger partial charge in [-0.1, -0.05) is 0 Å². The predicted octanol–water partition coefficient (Wildman–Crippen LogP) is 1.88. The van der Waals surface area contributed by atoms with Gasteiger partial charge in [0.1, 0.15) is 5.01 Å². The fourth-order valence-electron chi connectivity index (χ4n) is 1.29. The maximum atomic E-state index is 11.2. The average molecular weight is 242 g/mol. The van der Waals surface area contributed by atoms with Gasteiger partial charge in [0, 0.05) is 23.2 Å². The molecule has 0 atom stereocenters. The number of carbonyl (C=O) groups excluding carboxylic acids is 1. The van der Waals surface area contributed by atoms with Crippen LogP contribution in [0.15, 0.2) is 5.38 Å². The van der Waals surface area contributed by atoms with Gasteiger partial charge in [-0.3, -0.25) is 4.79 Å². The van der Waals surface area contributed by atoms with E-state index in [1.807, 2.05) is 26.2 Å². The first kappa shape index (κ1) is 13.1. The Kier molecular flexibility index (Phi) is 4.44. The lowest BCUT2D eigenvalue weighted by atomic mass is 10.0. The summed E-state index contributed by atoms with van der Waals surface area (Å²) in [5, 5.41) is 6.36. The van der Waals surface area contributed by atoms with Crippen LogP contribution in [0.25, 0.3) is 0 Å². The maximum Gasteiger partial charge on any atom is 0.307 e. The molecule has 0 amide bonds. The van der Waals surface area contributed by atoms with E-state index in [0.29, 0.717) is 13.0 Å². The van der Waals surface area contributed by atoms with Crippen molar-refractivity contribution in [1.29, 1.82) is 0 Å². The first-order valence-corrected chi connectivity index (χ1v) is 6.04. The third-order valence-electron chi connectivity index (χ3n) is 2.20. The van der Waals surface area contributed by atoms with Crippen LogP contribution in [-0.4, -0.2) is 23.6 Å². The van der Waals surface area contributed by atoms with E-state index in [2.05, 4.69) is 15.0 Å². The Balaban J connectivity index is 2.44. The van der Waals surface area contributed by atoms with E-state index in [0.717, 1.165) is 10.7 Å². The van der Waals surface area contributed by atoms with Crippen LogP contribution in [0, 0.1) is 6.92 Å². The largest absolute Gasteiger partial charge is 0.469 e. The van der Waals surface area contributed by atoms with E-state index in [4.69, 9.17) is 0 Å². The Morgan fingerprint density at radius 1 is 1.62 bits per heavy atom. The third-order valence-corrected chi connectivity index (χ3v) is 3.17. The number of carbonyl (C=O) groups is 1. The van der Waals surface area contributed by atoms with Gasteiger partial charge in [0.15, 0.2) is 0 Å². The molecule has 0 radical (unpaired) electrons. The highest BCUT2D eigenvalue weighted by molar-refractivity contribution is 7.09. The molecule has 0 bridgehead atoms. The first-order valence-electron chi connectivity index (χ1n) is 5.16. The average Bonchev–Trinajstić information content (AvgIpc) is 2.61. The number of aryl methyl sites for hydroxylation is 1. The maximum absolute atomic E-state index is 11.2. The summed E-state index contributed by atoms with van der Waals surface area (Å²) in [5.41, 5.74) is 0.764. The van der Waals surface area contributed by atoms with Crippen molar-refractivity contribution in [2.45, 2.75) is 39.3 Å². The van der Waals surface area contributed by atoms with Gasteiger partial charge in [0.2, 0.25) is 0 Å². The normalized spacial score (nSPS) is 11.5. The van der Waals surface area contributed by atoms with Crippen molar-refractivity contribution in [3.63, 3.8) is 0 Å². The number of hydrogen-bond donors (Lipinski definition) is 1. The smallest absolute Gasteiger partial charge is 0.307 e.